The van der Waals surface area contributed by atoms with Crippen molar-refractivity contribution < 1.29 is 9.53 Å². The molecule has 0 bridgehead atoms. The number of nitrogens with zero attached hydrogens (tertiary/aromatic N) is 1. The molecule has 1 saturated carbocycles. The van der Waals surface area contributed by atoms with Crippen LogP contribution < -0.4 is 5.32 Å². The monoisotopic (exact) mass is 249 g/mol. The largest absolute Gasteiger partial charge is 0.373 e. The van der Waals surface area contributed by atoms with E-state index in [-0.39, 0.29) is 17.6 Å². The SMILES string of the molecule is Cc1cnc(C(=O)NC2COC3(CCCC3)C2)[nH]1. The van der Waals surface area contributed by atoms with Crippen LogP contribution in [-0.4, -0.2) is 34.1 Å². The zero-order valence-corrected chi connectivity index (χ0v) is 10.7. The number of aromatic nitrogens is 2. The molecule has 5 nitrogen and oxygen atoms in total. The van der Waals surface area contributed by atoms with Crippen LogP contribution in [0.2, 0.25) is 0 Å². The van der Waals surface area contributed by atoms with Crippen molar-refractivity contribution in [2.75, 3.05) is 6.61 Å². The predicted octanol–water partition coefficient (Wildman–Crippen LogP) is 1.55. The van der Waals surface area contributed by atoms with E-state index >= 15 is 0 Å². The molecule has 1 unspecified atom stereocenters. The molecule has 2 fully saturated rings. The Bertz CT molecular complexity index is 449. The summed E-state index contributed by atoms with van der Waals surface area (Å²) in [4.78, 5) is 18.9. The van der Waals surface area contributed by atoms with Gasteiger partial charge in [0.15, 0.2) is 5.82 Å². The minimum atomic E-state index is -0.133. The molecule has 1 amide bonds. The molecule has 1 aliphatic heterocycles. The van der Waals surface area contributed by atoms with E-state index in [1.807, 2.05) is 6.92 Å². The van der Waals surface area contributed by atoms with Crippen LogP contribution in [0.15, 0.2) is 6.20 Å². The van der Waals surface area contributed by atoms with E-state index in [0.29, 0.717) is 12.4 Å². The topological polar surface area (TPSA) is 67.0 Å². The third-order valence-corrected chi connectivity index (χ3v) is 3.98. The summed E-state index contributed by atoms with van der Waals surface area (Å²) in [5.74, 6) is 0.256. The molecule has 98 valence electrons. The molecular weight excluding hydrogens is 230 g/mol. The molecule has 5 heteroatoms. The van der Waals surface area contributed by atoms with Crippen molar-refractivity contribution >= 4 is 5.91 Å². The number of rotatable bonds is 2. The van der Waals surface area contributed by atoms with Crippen LogP contribution in [0, 0.1) is 6.92 Å². The first kappa shape index (κ1) is 11.7. The molecule has 2 aliphatic rings. The van der Waals surface area contributed by atoms with E-state index in [9.17, 15) is 4.79 Å². The van der Waals surface area contributed by atoms with Gasteiger partial charge in [0.25, 0.3) is 5.91 Å². The molecule has 18 heavy (non-hydrogen) atoms. The lowest BCUT2D eigenvalue weighted by atomic mass is 9.96. The number of hydrogen-bond acceptors (Lipinski definition) is 3. The second kappa shape index (κ2) is 4.39. The van der Waals surface area contributed by atoms with Crippen molar-refractivity contribution in [3.63, 3.8) is 0 Å². The van der Waals surface area contributed by atoms with Gasteiger partial charge in [-0.2, -0.15) is 0 Å². The second-order valence-electron chi connectivity index (χ2n) is 5.49. The van der Waals surface area contributed by atoms with E-state index in [4.69, 9.17) is 4.74 Å². The number of H-pyrrole nitrogens is 1. The molecular formula is C13H19N3O2. The number of carbonyl (C=O) groups is 1. The third-order valence-electron chi connectivity index (χ3n) is 3.98. The van der Waals surface area contributed by atoms with Gasteiger partial charge in [-0.05, 0) is 26.2 Å². The Morgan fingerprint density at radius 2 is 2.33 bits per heavy atom. The lowest BCUT2D eigenvalue weighted by Gasteiger charge is -2.21. The van der Waals surface area contributed by atoms with E-state index in [2.05, 4.69) is 15.3 Å². The summed E-state index contributed by atoms with van der Waals surface area (Å²) in [6.45, 7) is 2.52. The smallest absolute Gasteiger partial charge is 0.287 e. The molecule has 1 aliphatic carbocycles. The van der Waals surface area contributed by atoms with Gasteiger partial charge in [0.05, 0.1) is 18.2 Å². The van der Waals surface area contributed by atoms with Crippen molar-refractivity contribution in [1.82, 2.24) is 15.3 Å². The number of ether oxygens (including phenoxy) is 1. The van der Waals surface area contributed by atoms with Gasteiger partial charge < -0.3 is 15.0 Å². The van der Waals surface area contributed by atoms with Crippen molar-refractivity contribution in [3.05, 3.63) is 17.7 Å². The molecule has 0 aromatic carbocycles. The van der Waals surface area contributed by atoms with Crippen molar-refractivity contribution in [1.29, 1.82) is 0 Å². The van der Waals surface area contributed by atoms with Gasteiger partial charge >= 0.3 is 0 Å². The highest BCUT2D eigenvalue weighted by atomic mass is 16.5. The Labute approximate surface area is 106 Å². The maximum absolute atomic E-state index is 12.0. The van der Waals surface area contributed by atoms with Crippen LogP contribution in [0.5, 0.6) is 0 Å². The van der Waals surface area contributed by atoms with Gasteiger partial charge in [-0.15, -0.1) is 0 Å². The molecule has 1 saturated heterocycles. The van der Waals surface area contributed by atoms with Crippen molar-refractivity contribution in [2.24, 2.45) is 0 Å². The lowest BCUT2D eigenvalue weighted by Crippen LogP contribution is -2.36. The Hall–Kier alpha value is -1.36. The summed E-state index contributed by atoms with van der Waals surface area (Å²) in [5, 5.41) is 3.00. The fourth-order valence-electron chi connectivity index (χ4n) is 3.09. The zero-order valence-electron chi connectivity index (χ0n) is 10.7. The number of hydrogen-bond donors (Lipinski definition) is 2. The maximum Gasteiger partial charge on any atom is 0.287 e. The molecule has 1 aromatic rings. The third kappa shape index (κ3) is 2.14. The summed E-state index contributed by atoms with van der Waals surface area (Å²) in [5.41, 5.74) is 0.951. The number of aryl methyl sites for hydroxylation is 1. The van der Waals surface area contributed by atoms with Gasteiger partial charge in [-0.25, -0.2) is 4.98 Å². The average Bonchev–Trinajstić information content (AvgIpc) is 3.03. The van der Waals surface area contributed by atoms with Gasteiger partial charge in [-0.3, -0.25) is 4.79 Å². The number of imidazole rings is 1. The zero-order chi connectivity index (χ0) is 12.6. The summed E-state index contributed by atoms with van der Waals surface area (Å²) in [6, 6.07) is 0.126. The maximum atomic E-state index is 12.0. The summed E-state index contributed by atoms with van der Waals surface area (Å²) in [7, 11) is 0. The van der Waals surface area contributed by atoms with E-state index in [0.717, 1.165) is 25.0 Å². The van der Waals surface area contributed by atoms with Gasteiger partial charge in [0.1, 0.15) is 0 Å². The summed E-state index contributed by atoms with van der Waals surface area (Å²) >= 11 is 0. The Morgan fingerprint density at radius 3 is 3.00 bits per heavy atom. The first-order chi connectivity index (χ1) is 8.67. The van der Waals surface area contributed by atoms with Crippen molar-refractivity contribution in [2.45, 2.75) is 50.7 Å². The number of amides is 1. The Kier molecular flexibility index (Phi) is 2.86. The van der Waals surface area contributed by atoms with Crippen LogP contribution >= 0.6 is 0 Å². The highest BCUT2D eigenvalue weighted by molar-refractivity contribution is 5.90. The molecule has 1 spiro atoms. The number of nitrogens with one attached hydrogen (secondary N) is 2. The van der Waals surface area contributed by atoms with E-state index in [1.54, 1.807) is 6.20 Å². The fraction of sp³-hybridized carbons (Fsp3) is 0.692. The fourth-order valence-corrected chi connectivity index (χ4v) is 3.09. The Morgan fingerprint density at radius 1 is 1.56 bits per heavy atom. The van der Waals surface area contributed by atoms with Gasteiger partial charge in [0.2, 0.25) is 0 Å². The number of carbonyl (C=O) groups excluding carboxylic acids is 1. The van der Waals surface area contributed by atoms with Crippen LogP contribution in [0.3, 0.4) is 0 Å². The summed E-state index contributed by atoms with van der Waals surface area (Å²) < 4.78 is 5.91. The second-order valence-corrected chi connectivity index (χ2v) is 5.49. The molecule has 2 N–H and O–H groups in total. The van der Waals surface area contributed by atoms with Crippen LogP contribution in [-0.2, 0) is 4.74 Å². The minimum Gasteiger partial charge on any atom is -0.373 e. The quantitative estimate of drug-likeness (QED) is 0.835. The molecule has 1 atom stereocenters. The normalized spacial score (nSPS) is 25.7. The highest BCUT2D eigenvalue weighted by Gasteiger charge is 2.42. The van der Waals surface area contributed by atoms with Crippen LogP contribution in [0.4, 0.5) is 0 Å². The molecule has 2 heterocycles. The van der Waals surface area contributed by atoms with Gasteiger partial charge in [0, 0.05) is 11.9 Å². The standard InChI is InChI=1S/C13H19N3O2/c1-9-7-14-11(15-9)12(17)16-10-6-13(18-8-10)4-2-3-5-13/h7,10H,2-6,8H2,1H3,(H,14,15)(H,16,17). The average molecular weight is 249 g/mol. The van der Waals surface area contributed by atoms with Crippen LogP contribution in [0.1, 0.15) is 48.4 Å². The van der Waals surface area contributed by atoms with E-state index < -0.39 is 0 Å². The predicted molar refractivity (Wildman–Crippen MR) is 66.3 cm³/mol. The van der Waals surface area contributed by atoms with Crippen LogP contribution in [0.25, 0.3) is 0 Å². The first-order valence-corrected chi connectivity index (χ1v) is 6.63. The summed E-state index contributed by atoms with van der Waals surface area (Å²) in [6.07, 6.45) is 7.38. The highest BCUT2D eigenvalue weighted by Crippen LogP contribution is 2.40. The molecule has 3 rings (SSSR count). The number of aromatic amines is 1. The lowest BCUT2D eigenvalue weighted by molar-refractivity contribution is 0.00987. The van der Waals surface area contributed by atoms with Gasteiger partial charge in [-0.1, -0.05) is 12.8 Å². The van der Waals surface area contributed by atoms with E-state index in [1.165, 1.54) is 12.8 Å². The molecule has 0 radical (unpaired) electrons. The first-order valence-electron chi connectivity index (χ1n) is 6.63. The van der Waals surface area contributed by atoms with Crippen molar-refractivity contribution in [3.8, 4) is 0 Å². The Balaban J connectivity index is 1.59. The minimum absolute atomic E-state index is 0.0526. The molecule has 1 aromatic heterocycles.